The van der Waals surface area contributed by atoms with E-state index < -0.39 is 0 Å². The van der Waals surface area contributed by atoms with Crippen LogP contribution in [0, 0.1) is 12.3 Å². The van der Waals surface area contributed by atoms with Gasteiger partial charge in [0.2, 0.25) is 5.91 Å². The minimum absolute atomic E-state index is 0.170. The molecule has 1 aromatic rings. The number of carbonyl (C=O) groups excluding carboxylic acids is 1. The number of nitrogens with one attached hydrogen (secondary N) is 2. The Bertz CT molecular complexity index is 478. The van der Waals surface area contributed by atoms with Crippen LogP contribution in [-0.4, -0.2) is 25.0 Å². The van der Waals surface area contributed by atoms with Crippen molar-refractivity contribution >= 4 is 5.91 Å². The predicted molar refractivity (Wildman–Crippen MR) is 87.3 cm³/mol. The number of rotatable bonds is 5. The molecule has 0 spiro atoms. The third-order valence-corrected chi connectivity index (χ3v) is 4.80. The number of aryl methyl sites for hydroxylation is 1. The first-order valence-electron chi connectivity index (χ1n) is 8.13. The van der Waals surface area contributed by atoms with Crippen LogP contribution in [0.3, 0.4) is 0 Å². The van der Waals surface area contributed by atoms with E-state index >= 15 is 0 Å². The smallest absolute Gasteiger partial charge is 0.227 e. The third-order valence-electron chi connectivity index (χ3n) is 4.80. The van der Waals surface area contributed by atoms with E-state index in [0.29, 0.717) is 0 Å². The van der Waals surface area contributed by atoms with Crippen molar-refractivity contribution in [3.8, 4) is 0 Å². The Hall–Kier alpha value is -1.35. The van der Waals surface area contributed by atoms with Crippen molar-refractivity contribution in [1.29, 1.82) is 0 Å². The van der Waals surface area contributed by atoms with E-state index in [4.69, 9.17) is 0 Å². The van der Waals surface area contributed by atoms with E-state index in [0.717, 1.165) is 38.8 Å². The highest BCUT2D eigenvalue weighted by Gasteiger charge is 2.38. The molecule has 3 heteroatoms. The van der Waals surface area contributed by atoms with Gasteiger partial charge in [0.15, 0.2) is 0 Å². The average Bonchev–Trinajstić information content (AvgIpc) is 2.50. The molecule has 1 fully saturated rings. The Labute approximate surface area is 128 Å². The van der Waals surface area contributed by atoms with Gasteiger partial charge in [-0.2, -0.15) is 0 Å². The number of piperidine rings is 1. The van der Waals surface area contributed by atoms with E-state index in [1.54, 1.807) is 0 Å². The summed E-state index contributed by atoms with van der Waals surface area (Å²) < 4.78 is 0. The van der Waals surface area contributed by atoms with Crippen LogP contribution in [0.2, 0.25) is 0 Å². The van der Waals surface area contributed by atoms with Gasteiger partial charge >= 0.3 is 0 Å². The molecule has 0 aromatic heterocycles. The van der Waals surface area contributed by atoms with Crippen molar-refractivity contribution < 1.29 is 4.79 Å². The van der Waals surface area contributed by atoms with Gasteiger partial charge in [-0.05, 0) is 57.2 Å². The Morgan fingerprint density at radius 2 is 2.19 bits per heavy atom. The van der Waals surface area contributed by atoms with Crippen LogP contribution in [0.4, 0.5) is 0 Å². The topological polar surface area (TPSA) is 41.1 Å². The zero-order chi connectivity index (χ0) is 15.3. The van der Waals surface area contributed by atoms with Crippen LogP contribution in [-0.2, 0) is 11.2 Å². The fraction of sp³-hybridized carbons (Fsp3) is 0.611. The summed E-state index contributed by atoms with van der Waals surface area (Å²) in [5.41, 5.74) is 2.40. The van der Waals surface area contributed by atoms with Gasteiger partial charge in [0.25, 0.3) is 0 Å². The molecule has 0 saturated carbocycles. The van der Waals surface area contributed by atoms with E-state index in [9.17, 15) is 4.79 Å². The first kappa shape index (κ1) is 16.0. The van der Waals surface area contributed by atoms with Gasteiger partial charge in [0.05, 0.1) is 5.41 Å². The molecule has 2 N–H and O–H groups in total. The summed E-state index contributed by atoms with van der Waals surface area (Å²) in [5.74, 6) is 0.221. The molecule has 1 heterocycles. The average molecular weight is 288 g/mol. The molecule has 2 rings (SSSR count). The molecule has 1 aliphatic heterocycles. The summed E-state index contributed by atoms with van der Waals surface area (Å²) in [4.78, 5) is 12.7. The normalized spacial score (nSPS) is 23.6. The monoisotopic (exact) mass is 288 g/mol. The summed E-state index contributed by atoms with van der Waals surface area (Å²) in [6, 6.07) is 8.57. The van der Waals surface area contributed by atoms with E-state index in [2.05, 4.69) is 55.7 Å². The summed E-state index contributed by atoms with van der Waals surface area (Å²) in [5, 5.41) is 6.62. The fourth-order valence-corrected chi connectivity index (χ4v) is 3.22. The van der Waals surface area contributed by atoms with E-state index in [1.807, 2.05) is 0 Å². The number of benzene rings is 1. The van der Waals surface area contributed by atoms with Gasteiger partial charge in [-0.25, -0.2) is 0 Å². The highest BCUT2D eigenvalue weighted by Crippen LogP contribution is 2.30. The quantitative estimate of drug-likeness (QED) is 0.875. The molecule has 1 aliphatic rings. The highest BCUT2D eigenvalue weighted by atomic mass is 16.2. The second-order valence-electron chi connectivity index (χ2n) is 6.42. The second kappa shape index (κ2) is 7.08. The Balaban J connectivity index is 1.97. The Kier molecular flexibility index (Phi) is 5.40. The fourth-order valence-electron chi connectivity index (χ4n) is 3.22. The van der Waals surface area contributed by atoms with Gasteiger partial charge < -0.3 is 10.6 Å². The molecule has 0 bridgehead atoms. The lowest BCUT2D eigenvalue weighted by molar-refractivity contribution is -0.133. The molecule has 21 heavy (non-hydrogen) atoms. The number of hydrogen-bond acceptors (Lipinski definition) is 2. The molecule has 2 unspecified atom stereocenters. The lowest BCUT2D eigenvalue weighted by atomic mass is 9.77. The molecule has 1 aromatic carbocycles. The minimum atomic E-state index is -0.210. The Morgan fingerprint density at radius 1 is 1.43 bits per heavy atom. The predicted octanol–water partition coefficient (Wildman–Crippen LogP) is 2.82. The zero-order valence-corrected chi connectivity index (χ0v) is 13.5. The lowest BCUT2D eigenvalue weighted by Crippen LogP contribution is -2.52. The maximum atomic E-state index is 12.7. The first-order chi connectivity index (χ1) is 10.1. The molecule has 1 saturated heterocycles. The van der Waals surface area contributed by atoms with Crippen molar-refractivity contribution in [2.45, 2.75) is 52.5 Å². The summed E-state index contributed by atoms with van der Waals surface area (Å²) in [6.07, 6.45) is 3.89. The molecule has 1 amide bonds. The lowest BCUT2D eigenvalue weighted by Gasteiger charge is -2.36. The van der Waals surface area contributed by atoms with Crippen LogP contribution in [0.15, 0.2) is 24.3 Å². The van der Waals surface area contributed by atoms with E-state index in [-0.39, 0.29) is 17.4 Å². The number of amides is 1. The van der Waals surface area contributed by atoms with Crippen LogP contribution in [0.5, 0.6) is 0 Å². The second-order valence-corrected chi connectivity index (χ2v) is 6.42. The third kappa shape index (κ3) is 3.85. The Morgan fingerprint density at radius 3 is 2.81 bits per heavy atom. The molecule has 0 aliphatic carbocycles. The first-order valence-corrected chi connectivity index (χ1v) is 8.13. The van der Waals surface area contributed by atoms with Crippen LogP contribution >= 0.6 is 0 Å². The summed E-state index contributed by atoms with van der Waals surface area (Å²) >= 11 is 0. The standard InChI is InChI=1S/C18H28N2O/c1-4-18(10-7-11-19-13-18)17(21)20-15(3)12-16-9-6-5-8-14(16)2/h5-6,8-9,15,19H,4,7,10-13H2,1-3H3,(H,20,21). The van der Waals surface area contributed by atoms with Gasteiger partial charge in [0.1, 0.15) is 0 Å². The van der Waals surface area contributed by atoms with Crippen molar-refractivity contribution in [3.05, 3.63) is 35.4 Å². The van der Waals surface area contributed by atoms with E-state index in [1.165, 1.54) is 11.1 Å². The molecule has 0 radical (unpaired) electrons. The van der Waals surface area contributed by atoms with Gasteiger partial charge in [0, 0.05) is 12.6 Å². The van der Waals surface area contributed by atoms with Crippen LogP contribution in [0.25, 0.3) is 0 Å². The largest absolute Gasteiger partial charge is 0.353 e. The zero-order valence-electron chi connectivity index (χ0n) is 13.5. The molecular weight excluding hydrogens is 260 g/mol. The highest BCUT2D eigenvalue weighted by molar-refractivity contribution is 5.83. The number of carbonyl (C=O) groups is 1. The molecule has 3 nitrogen and oxygen atoms in total. The summed E-state index contributed by atoms with van der Waals surface area (Å²) in [7, 11) is 0. The minimum Gasteiger partial charge on any atom is -0.353 e. The number of hydrogen-bond donors (Lipinski definition) is 2. The van der Waals surface area contributed by atoms with Crippen LogP contribution < -0.4 is 10.6 Å². The van der Waals surface area contributed by atoms with Crippen molar-refractivity contribution in [1.82, 2.24) is 10.6 Å². The summed E-state index contributed by atoms with van der Waals surface area (Å²) in [6.45, 7) is 8.20. The maximum Gasteiger partial charge on any atom is 0.227 e. The van der Waals surface area contributed by atoms with Crippen molar-refractivity contribution in [3.63, 3.8) is 0 Å². The molecule has 2 atom stereocenters. The van der Waals surface area contributed by atoms with Crippen molar-refractivity contribution in [2.75, 3.05) is 13.1 Å². The van der Waals surface area contributed by atoms with Gasteiger partial charge in [-0.1, -0.05) is 31.2 Å². The molecule has 116 valence electrons. The maximum absolute atomic E-state index is 12.7. The SMILES string of the molecule is CCC1(C(=O)NC(C)Cc2ccccc2C)CCCNC1. The van der Waals surface area contributed by atoms with Crippen LogP contribution in [0.1, 0.15) is 44.2 Å². The van der Waals surface area contributed by atoms with Gasteiger partial charge in [-0.3, -0.25) is 4.79 Å². The van der Waals surface area contributed by atoms with Crippen molar-refractivity contribution in [2.24, 2.45) is 5.41 Å². The molecular formula is C18H28N2O. The van der Waals surface area contributed by atoms with Gasteiger partial charge in [-0.15, -0.1) is 0 Å².